The Labute approximate surface area is 239 Å². The second-order valence-electron chi connectivity index (χ2n) is 9.54. The molecule has 5 rings (SSSR count). The lowest BCUT2D eigenvalue weighted by atomic mass is 9.98. The third-order valence-electron chi connectivity index (χ3n) is 6.94. The first kappa shape index (κ1) is 30.4. The highest BCUT2D eigenvalue weighted by Gasteiger charge is 2.18. The standard InChI is InChI=1S/C30H30N6O2.ClH.H2O/c1-2-35-13-11-22(12-14-35)21-38-27-18-32-30(33-19-27)26-8-4-6-24(16-26)20-36-29(37)10-9-28(34-36)25-7-3-5-23(15-25)17-31;;/h3-10,15-16,18-19,22H,2,11-14,20-21H2,1H3;1H;1H2. The fraction of sp³-hybridized carbons (Fsp3) is 0.300. The maximum absolute atomic E-state index is 12.5. The Kier molecular flexibility index (Phi) is 10.9. The van der Waals surface area contributed by atoms with Gasteiger partial charge in [-0.1, -0.05) is 37.3 Å². The van der Waals surface area contributed by atoms with Crippen molar-refractivity contribution >= 4 is 12.4 Å². The van der Waals surface area contributed by atoms with Crippen LogP contribution in [0, 0.1) is 17.2 Å². The van der Waals surface area contributed by atoms with Gasteiger partial charge in [-0.3, -0.25) is 4.79 Å². The molecule has 10 heteroatoms. The molecule has 0 unspecified atom stereocenters. The second-order valence-corrected chi connectivity index (χ2v) is 9.54. The highest BCUT2D eigenvalue weighted by Crippen LogP contribution is 2.22. The summed E-state index contributed by atoms with van der Waals surface area (Å²) in [7, 11) is 0. The van der Waals surface area contributed by atoms with E-state index in [2.05, 4.69) is 33.0 Å². The Bertz CT molecular complexity index is 1490. The molecule has 40 heavy (non-hydrogen) atoms. The van der Waals surface area contributed by atoms with Crippen LogP contribution in [0.5, 0.6) is 5.75 Å². The van der Waals surface area contributed by atoms with Gasteiger partial charge in [0.1, 0.15) is 0 Å². The van der Waals surface area contributed by atoms with E-state index in [1.807, 2.05) is 30.3 Å². The minimum absolute atomic E-state index is 0. The van der Waals surface area contributed by atoms with Crippen molar-refractivity contribution in [3.63, 3.8) is 0 Å². The Morgan fingerprint density at radius 2 is 1.73 bits per heavy atom. The smallest absolute Gasteiger partial charge is 0.267 e. The van der Waals surface area contributed by atoms with Gasteiger partial charge in [-0.25, -0.2) is 14.6 Å². The maximum atomic E-state index is 12.5. The monoisotopic (exact) mass is 560 g/mol. The average molecular weight is 561 g/mol. The number of nitriles is 1. The van der Waals surface area contributed by atoms with Crippen LogP contribution in [-0.2, 0) is 6.54 Å². The molecule has 0 saturated carbocycles. The maximum Gasteiger partial charge on any atom is 0.267 e. The largest absolute Gasteiger partial charge is 0.490 e. The summed E-state index contributed by atoms with van der Waals surface area (Å²) >= 11 is 0. The molecule has 0 radical (unpaired) electrons. The normalized spacial score (nSPS) is 13.5. The van der Waals surface area contributed by atoms with Crippen molar-refractivity contribution in [1.82, 2.24) is 24.6 Å². The van der Waals surface area contributed by atoms with Gasteiger partial charge in [0.25, 0.3) is 5.56 Å². The van der Waals surface area contributed by atoms with Crippen LogP contribution in [0.25, 0.3) is 22.6 Å². The SMILES string of the molecule is CCN1CCC(COc2cnc(-c3cccc(Cn4nc(-c5cccc(C#N)c5)ccc4=O)c3)nc2)CC1.Cl.O. The number of benzene rings is 2. The molecule has 0 bridgehead atoms. The first-order chi connectivity index (χ1) is 18.6. The quantitative estimate of drug-likeness (QED) is 0.318. The van der Waals surface area contributed by atoms with E-state index in [9.17, 15) is 10.1 Å². The average Bonchev–Trinajstić information content (AvgIpc) is 2.98. The van der Waals surface area contributed by atoms with E-state index in [0.29, 0.717) is 41.9 Å². The molecule has 3 heterocycles. The molecule has 2 aromatic carbocycles. The molecule has 9 nitrogen and oxygen atoms in total. The van der Waals surface area contributed by atoms with Crippen molar-refractivity contribution in [2.45, 2.75) is 26.3 Å². The first-order valence-electron chi connectivity index (χ1n) is 13.0. The molecule has 1 saturated heterocycles. The van der Waals surface area contributed by atoms with Gasteiger partial charge in [-0.2, -0.15) is 10.4 Å². The van der Waals surface area contributed by atoms with Gasteiger partial charge in [-0.05, 0) is 68.2 Å². The lowest BCUT2D eigenvalue weighted by Gasteiger charge is -2.30. The van der Waals surface area contributed by atoms with Crippen LogP contribution in [0.1, 0.15) is 30.9 Å². The van der Waals surface area contributed by atoms with Crippen LogP contribution in [0.2, 0.25) is 0 Å². The molecular weight excluding hydrogens is 528 g/mol. The van der Waals surface area contributed by atoms with Gasteiger partial charge >= 0.3 is 0 Å². The molecule has 2 N–H and O–H groups in total. The third-order valence-corrected chi connectivity index (χ3v) is 6.94. The lowest BCUT2D eigenvalue weighted by molar-refractivity contribution is 0.145. The zero-order valence-corrected chi connectivity index (χ0v) is 23.2. The van der Waals surface area contributed by atoms with Gasteiger partial charge in [0.05, 0.1) is 42.9 Å². The predicted octanol–water partition coefficient (Wildman–Crippen LogP) is 4.00. The summed E-state index contributed by atoms with van der Waals surface area (Å²) in [6.45, 7) is 6.58. The number of piperidine rings is 1. The number of ether oxygens (including phenoxy) is 1. The summed E-state index contributed by atoms with van der Waals surface area (Å²) in [5, 5.41) is 13.7. The zero-order valence-electron chi connectivity index (χ0n) is 22.4. The zero-order chi connectivity index (χ0) is 26.3. The van der Waals surface area contributed by atoms with E-state index >= 15 is 0 Å². The minimum atomic E-state index is -0.200. The van der Waals surface area contributed by atoms with Crippen LogP contribution in [0.4, 0.5) is 0 Å². The highest BCUT2D eigenvalue weighted by atomic mass is 35.5. The molecular formula is C30H33ClN6O3. The molecule has 208 valence electrons. The van der Waals surface area contributed by atoms with Crippen LogP contribution < -0.4 is 10.3 Å². The van der Waals surface area contributed by atoms with E-state index in [0.717, 1.165) is 49.2 Å². The van der Waals surface area contributed by atoms with Crippen molar-refractivity contribution in [1.29, 1.82) is 5.26 Å². The number of aromatic nitrogens is 4. The van der Waals surface area contributed by atoms with Crippen molar-refractivity contribution in [3.8, 4) is 34.5 Å². The molecule has 2 aromatic heterocycles. The number of likely N-dealkylation sites (tertiary alicyclic amines) is 1. The summed E-state index contributed by atoms with van der Waals surface area (Å²) in [5.74, 6) is 1.84. The minimum Gasteiger partial charge on any atom is -0.490 e. The van der Waals surface area contributed by atoms with Crippen LogP contribution in [-0.4, -0.2) is 56.4 Å². The van der Waals surface area contributed by atoms with E-state index in [1.165, 1.54) is 10.7 Å². The summed E-state index contributed by atoms with van der Waals surface area (Å²) < 4.78 is 7.40. The molecule has 1 aliphatic heterocycles. The Morgan fingerprint density at radius 1 is 1.00 bits per heavy atom. The van der Waals surface area contributed by atoms with E-state index in [1.54, 1.807) is 36.7 Å². The summed E-state index contributed by atoms with van der Waals surface area (Å²) in [6.07, 6.45) is 5.77. The molecule has 1 aliphatic rings. The topological polar surface area (TPSA) is 128 Å². The van der Waals surface area contributed by atoms with Gasteiger partial charge in [0.2, 0.25) is 0 Å². The van der Waals surface area contributed by atoms with E-state index in [4.69, 9.17) is 4.74 Å². The number of rotatable bonds is 8. The van der Waals surface area contributed by atoms with Crippen molar-refractivity contribution in [3.05, 3.63) is 94.5 Å². The molecule has 1 fully saturated rings. The molecule has 4 aromatic rings. The molecule has 0 spiro atoms. The number of hydrogen-bond acceptors (Lipinski definition) is 7. The van der Waals surface area contributed by atoms with E-state index < -0.39 is 0 Å². The Balaban J connectivity index is 0.00000220. The van der Waals surface area contributed by atoms with Crippen molar-refractivity contribution in [2.24, 2.45) is 5.92 Å². The Morgan fingerprint density at radius 3 is 2.45 bits per heavy atom. The number of halogens is 1. The van der Waals surface area contributed by atoms with Gasteiger partial charge in [0, 0.05) is 17.2 Å². The summed E-state index contributed by atoms with van der Waals surface area (Å²) in [6, 6.07) is 20.3. The molecule has 0 aliphatic carbocycles. The first-order valence-corrected chi connectivity index (χ1v) is 13.0. The lowest BCUT2D eigenvalue weighted by Crippen LogP contribution is -2.35. The Hall–Kier alpha value is -4.10. The summed E-state index contributed by atoms with van der Waals surface area (Å²) in [4.78, 5) is 24.0. The van der Waals surface area contributed by atoms with Crippen LogP contribution in [0.15, 0.2) is 77.9 Å². The molecule has 0 amide bonds. The predicted molar refractivity (Wildman–Crippen MR) is 156 cm³/mol. The third kappa shape index (κ3) is 7.51. The molecule has 0 atom stereocenters. The van der Waals surface area contributed by atoms with Crippen LogP contribution in [0.3, 0.4) is 0 Å². The number of hydrogen-bond donors (Lipinski definition) is 0. The fourth-order valence-electron chi connectivity index (χ4n) is 4.67. The van der Waals surface area contributed by atoms with Gasteiger partial charge in [0.15, 0.2) is 11.6 Å². The van der Waals surface area contributed by atoms with Crippen LogP contribution >= 0.6 is 12.4 Å². The number of nitrogens with zero attached hydrogens (tertiary/aromatic N) is 6. The van der Waals surface area contributed by atoms with E-state index in [-0.39, 0.29) is 23.4 Å². The van der Waals surface area contributed by atoms with Gasteiger partial charge < -0.3 is 15.1 Å². The summed E-state index contributed by atoms with van der Waals surface area (Å²) in [5.41, 5.74) is 3.52. The fourth-order valence-corrected chi connectivity index (χ4v) is 4.67. The van der Waals surface area contributed by atoms with Gasteiger partial charge in [-0.15, -0.1) is 12.4 Å². The van der Waals surface area contributed by atoms with Crippen molar-refractivity contribution < 1.29 is 10.2 Å². The van der Waals surface area contributed by atoms with Crippen molar-refractivity contribution in [2.75, 3.05) is 26.2 Å². The second kappa shape index (κ2) is 14.3. The highest BCUT2D eigenvalue weighted by molar-refractivity contribution is 5.85.